The third kappa shape index (κ3) is 4.21. The highest BCUT2D eigenvalue weighted by Gasteiger charge is 2.31. The molecule has 0 aliphatic rings. The zero-order valence-corrected chi connectivity index (χ0v) is 13.4. The summed E-state index contributed by atoms with van der Waals surface area (Å²) in [6.07, 6.45) is 0.454. The maximum atomic E-state index is 12.2. The molecule has 1 aromatic rings. The predicted octanol–water partition coefficient (Wildman–Crippen LogP) is 2.95. The van der Waals surface area contributed by atoms with Crippen LogP contribution in [0.25, 0.3) is 0 Å². The van der Waals surface area contributed by atoms with Crippen LogP contribution in [0.15, 0.2) is 18.2 Å². The number of anilines is 1. The number of carboxylic acids is 1. The van der Waals surface area contributed by atoms with Gasteiger partial charge in [0.25, 0.3) is 0 Å². The van der Waals surface area contributed by atoms with Crippen LogP contribution in [-0.4, -0.2) is 30.7 Å². The topological polar surface area (TPSA) is 69.6 Å². The highest BCUT2D eigenvalue weighted by molar-refractivity contribution is 5.92. The molecule has 0 saturated carbocycles. The van der Waals surface area contributed by atoms with Gasteiger partial charge in [0.1, 0.15) is 0 Å². The first-order chi connectivity index (χ1) is 9.69. The number of hydrogen-bond acceptors (Lipinski definition) is 2. The maximum absolute atomic E-state index is 12.2. The van der Waals surface area contributed by atoms with Gasteiger partial charge >= 0.3 is 12.0 Å². The van der Waals surface area contributed by atoms with E-state index in [1.54, 1.807) is 20.9 Å². The van der Waals surface area contributed by atoms with Gasteiger partial charge in [-0.2, -0.15) is 0 Å². The molecule has 0 saturated heterocycles. The number of rotatable bonds is 5. The molecule has 0 heterocycles. The van der Waals surface area contributed by atoms with Crippen LogP contribution >= 0.6 is 0 Å². The van der Waals surface area contributed by atoms with Crippen molar-refractivity contribution in [3.63, 3.8) is 0 Å². The summed E-state index contributed by atoms with van der Waals surface area (Å²) in [4.78, 5) is 24.9. The third-order valence-corrected chi connectivity index (χ3v) is 3.82. The fourth-order valence-electron chi connectivity index (χ4n) is 2.00. The Bertz CT molecular complexity index is 522. The van der Waals surface area contributed by atoms with Gasteiger partial charge in [0.15, 0.2) is 0 Å². The molecule has 1 unspecified atom stereocenters. The first kappa shape index (κ1) is 17.0. The molecule has 1 aromatic carbocycles. The lowest BCUT2D eigenvalue weighted by atomic mass is 9.88. The molecule has 1 atom stereocenters. The van der Waals surface area contributed by atoms with Crippen LogP contribution in [0.4, 0.5) is 10.5 Å². The Morgan fingerprint density at radius 1 is 1.24 bits per heavy atom. The van der Waals surface area contributed by atoms with Crippen LogP contribution in [0.2, 0.25) is 0 Å². The summed E-state index contributed by atoms with van der Waals surface area (Å²) in [6.45, 7) is 7.48. The standard InChI is InChI=1S/C16H24N2O3/c1-6-16(4,14(19)20)10-17-15(21)18(5)13-8-11(2)7-12(3)9-13/h7-9H,6,10H2,1-5H3,(H,17,21)(H,19,20). The van der Waals surface area contributed by atoms with Crippen molar-refractivity contribution in [1.29, 1.82) is 0 Å². The molecule has 0 spiro atoms. The number of aryl methyl sites for hydroxylation is 2. The number of urea groups is 1. The number of carbonyl (C=O) groups excluding carboxylic acids is 1. The van der Waals surface area contributed by atoms with Crippen LogP contribution in [0.3, 0.4) is 0 Å². The quantitative estimate of drug-likeness (QED) is 0.876. The molecule has 0 aromatic heterocycles. The molecule has 2 amide bonds. The second-order valence-corrected chi connectivity index (χ2v) is 5.78. The highest BCUT2D eigenvalue weighted by Crippen LogP contribution is 2.21. The number of carbonyl (C=O) groups is 2. The second-order valence-electron chi connectivity index (χ2n) is 5.78. The van der Waals surface area contributed by atoms with Crippen LogP contribution in [0, 0.1) is 19.3 Å². The van der Waals surface area contributed by atoms with Gasteiger partial charge in [-0.05, 0) is 50.5 Å². The number of nitrogens with zero attached hydrogens (tertiary/aromatic N) is 1. The van der Waals surface area contributed by atoms with Gasteiger partial charge in [-0.25, -0.2) is 4.79 Å². The van der Waals surface area contributed by atoms with Crippen LogP contribution < -0.4 is 10.2 Å². The Morgan fingerprint density at radius 3 is 2.19 bits per heavy atom. The molecule has 2 N–H and O–H groups in total. The molecular formula is C16H24N2O3. The molecule has 21 heavy (non-hydrogen) atoms. The summed E-state index contributed by atoms with van der Waals surface area (Å²) in [5.74, 6) is -0.903. The molecular weight excluding hydrogens is 268 g/mol. The van der Waals surface area contributed by atoms with E-state index in [0.717, 1.165) is 16.8 Å². The van der Waals surface area contributed by atoms with Crippen molar-refractivity contribution in [3.8, 4) is 0 Å². The second kappa shape index (κ2) is 6.61. The molecule has 0 radical (unpaired) electrons. The van der Waals surface area contributed by atoms with Gasteiger partial charge in [-0.3, -0.25) is 9.69 Å². The minimum Gasteiger partial charge on any atom is -0.481 e. The highest BCUT2D eigenvalue weighted by atomic mass is 16.4. The van der Waals surface area contributed by atoms with Crippen molar-refractivity contribution >= 4 is 17.7 Å². The van der Waals surface area contributed by atoms with E-state index in [-0.39, 0.29) is 12.6 Å². The van der Waals surface area contributed by atoms with E-state index >= 15 is 0 Å². The Balaban J connectivity index is 2.77. The van der Waals surface area contributed by atoms with Crippen LogP contribution in [-0.2, 0) is 4.79 Å². The van der Waals surface area contributed by atoms with E-state index in [1.807, 2.05) is 32.0 Å². The summed E-state index contributed by atoms with van der Waals surface area (Å²) in [7, 11) is 1.67. The first-order valence-corrected chi connectivity index (χ1v) is 7.03. The van der Waals surface area contributed by atoms with Crippen molar-refractivity contribution in [2.75, 3.05) is 18.5 Å². The molecule has 0 aliphatic heterocycles. The van der Waals surface area contributed by atoms with Crippen molar-refractivity contribution in [3.05, 3.63) is 29.3 Å². The summed E-state index contributed by atoms with van der Waals surface area (Å²) >= 11 is 0. The van der Waals surface area contributed by atoms with E-state index in [2.05, 4.69) is 5.32 Å². The number of amides is 2. The third-order valence-electron chi connectivity index (χ3n) is 3.82. The van der Waals surface area contributed by atoms with Gasteiger partial charge in [0.05, 0.1) is 5.41 Å². The van der Waals surface area contributed by atoms with Crippen molar-refractivity contribution < 1.29 is 14.7 Å². The smallest absolute Gasteiger partial charge is 0.321 e. The number of aliphatic carboxylic acids is 1. The molecule has 5 heteroatoms. The Morgan fingerprint density at radius 2 is 1.76 bits per heavy atom. The summed E-state index contributed by atoms with van der Waals surface area (Å²) < 4.78 is 0. The zero-order valence-electron chi connectivity index (χ0n) is 13.4. The first-order valence-electron chi connectivity index (χ1n) is 7.03. The minimum atomic E-state index is -0.945. The summed E-state index contributed by atoms with van der Waals surface area (Å²) in [5, 5.41) is 11.9. The van der Waals surface area contributed by atoms with Gasteiger partial charge in [-0.15, -0.1) is 0 Å². The summed E-state index contributed by atoms with van der Waals surface area (Å²) in [5.41, 5.74) is 2.00. The fraction of sp³-hybridized carbons (Fsp3) is 0.500. The average Bonchev–Trinajstić information content (AvgIpc) is 2.42. The largest absolute Gasteiger partial charge is 0.481 e. The lowest BCUT2D eigenvalue weighted by Gasteiger charge is -2.25. The molecule has 1 rings (SSSR count). The Hall–Kier alpha value is -2.04. The van der Waals surface area contributed by atoms with E-state index in [9.17, 15) is 14.7 Å². The maximum Gasteiger partial charge on any atom is 0.321 e. The SMILES string of the molecule is CCC(C)(CNC(=O)N(C)c1cc(C)cc(C)c1)C(=O)O. The molecule has 0 fully saturated rings. The van der Waals surface area contributed by atoms with Crippen molar-refractivity contribution in [2.24, 2.45) is 5.41 Å². The van der Waals surface area contributed by atoms with Crippen LogP contribution in [0.5, 0.6) is 0 Å². The van der Waals surface area contributed by atoms with E-state index in [0.29, 0.717) is 6.42 Å². The van der Waals surface area contributed by atoms with Crippen molar-refractivity contribution in [2.45, 2.75) is 34.1 Å². The van der Waals surface area contributed by atoms with Gasteiger partial charge in [0, 0.05) is 19.3 Å². The monoisotopic (exact) mass is 292 g/mol. The van der Waals surface area contributed by atoms with Gasteiger partial charge < -0.3 is 10.4 Å². The van der Waals surface area contributed by atoms with Crippen molar-refractivity contribution in [1.82, 2.24) is 5.32 Å². The number of hydrogen-bond donors (Lipinski definition) is 2. The minimum absolute atomic E-state index is 0.104. The normalized spacial score (nSPS) is 13.4. The molecule has 116 valence electrons. The zero-order chi connectivity index (χ0) is 16.2. The van der Waals surface area contributed by atoms with E-state index in [4.69, 9.17) is 0 Å². The predicted molar refractivity (Wildman–Crippen MR) is 83.8 cm³/mol. The number of nitrogens with one attached hydrogen (secondary N) is 1. The molecule has 5 nitrogen and oxygen atoms in total. The average molecular weight is 292 g/mol. The van der Waals surface area contributed by atoms with Gasteiger partial charge in [0.2, 0.25) is 0 Å². The lowest BCUT2D eigenvalue weighted by Crippen LogP contribution is -2.45. The lowest BCUT2D eigenvalue weighted by molar-refractivity contribution is -0.147. The number of carboxylic acid groups (broad SMARTS) is 1. The Kier molecular flexibility index (Phi) is 5.35. The van der Waals surface area contributed by atoms with Gasteiger partial charge in [-0.1, -0.05) is 13.0 Å². The number of benzene rings is 1. The Labute approximate surface area is 126 Å². The molecule has 0 bridgehead atoms. The fourth-order valence-corrected chi connectivity index (χ4v) is 2.00. The molecule has 0 aliphatic carbocycles. The van der Waals surface area contributed by atoms with E-state index < -0.39 is 11.4 Å². The van der Waals surface area contributed by atoms with Crippen LogP contribution in [0.1, 0.15) is 31.4 Å². The van der Waals surface area contributed by atoms with E-state index in [1.165, 1.54) is 4.90 Å². The summed E-state index contributed by atoms with van der Waals surface area (Å²) in [6, 6.07) is 5.57.